The summed E-state index contributed by atoms with van der Waals surface area (Å²) in [6.45, 7) is 1.20. The van der Waals surface area contributed by atoms with Crippen molar-refractivity contribution in [2.75, 3.05) is 13.2 Å². The van der Waals surface area contributed by atoms with E-state index in [9.17, 15) is 4.79 Å². The van der Waals surface area contributed by atoms with Gasteiger partial charge in [-0.1, -0.05) is 12.1 Å². The molecule has 1 atom stereocenters. The van der Waals surface area contributed by atoms with E-state index < -0.39 is 0 Å². The van der Waals surface area contributed by atoms with Crippen LogP contribution in [0.1, 0.15) is 18.4 Å². The van der Waals surface area contributed by atoms with Crippen LogP contribution in [0.5, 0.6) is 5.75 Å². The lowest BCUT2D eigenvalue weighted by molar-refractivity contribution is -0.119. The summed E-state index contributed by atoms with van der Waals surface area (Å²) in [5.41, 5.74) is 6.70. The lowest BCUT2D eigenvalue weighted by Gasteiger charge is -2.12. The second-order valence-electron chi connectivity index (χ2n) is 4.30. The van der Waals surface area contributed by atoms with Gasteiger partial charge in [0.05, 0.1) is 6.04 Å². The van der Waals surface area contributed by atoms with Gasteiger partial charge in [0.1, 0.15) is 12.4 Å². The summed E-state index contributed by atoms with van der Waals surface area (Å²) in [4.78, 5) is 11.0. The summed E-state index contributed by atoms with van der Waals surface area (Å²) in [6.07, 6.45) is 2.37. The number of nitrogens with two attached hydrogens (primary N) is 1. The largest absolute Gasteiger partial charge is 0.491 e. The van der Waals surface area contributed by atoms with Crippen LogP contribution in [0.25, 0.3) is 0 Å². The molecule has 0 bridgehead atoms. The molecule has 3 N–H and O–H groups in total. The maximum absolute atomic E-state index is 11.0. The van der Waals surface area contributed by atoms with Gasteiger partial charge in [-0.05, 0) is 37.1 Å². The van der Waals surface area contributed by atoms with Gasteiger partial charge >= 0.3 is 0 Å². The van der Waals surface area contributed by atoms with Gasteiger partial charge in [-0.3, -0.25) is 4.79 Å². The molecule has 1 unspecified atom stereocenters. The molecule has 92 valence electrons. The molecule has 0 aliphatic carbocycles. The third-order valence-electron chi connectivity index (χ3n) is 2.89. The van der Waals surface area contributed by atoms with E-state index in [-0.39, 0.29) is 11.9 Å². The van der Waals surface area contributed by atoms with E-state index in [2.05, 4.69) is 5.32 Å². The molecule has 1 aliphatic heterocycles. The van der Waals surface area contributed by atoms with Crippen LogP contribution in [0.15, 0.2) is 24.3 Å². The minimum Gasteiger partial charge on any atom is -0.491 e. The van der Waals surface area contributed by atoms with E-state index in [0.29, 0.717) is 19.6 Å². The van der Waals surface area contributed by atoms with Crippen molar-refractivity contribution >= 4 is 5.91 Å². The number of hydrogen-bond donors (Lipinski definition) is 2. The van der Waals surface area contributed by atoms with Crippen molar-refractivity contribution in [1.29, 1.82) is 0 Å². The normalized spacial score (nSPS) is 19.1. The predicted octanol–water partition coefficient (Wildman–Crippen LogP) is 0.845. The Kier molecular flexibility index (Phi) is 3.98. The second kappa shape index (κ2) is 5.68. The van der Waals surface area contributed by atoms with Crippen molar-refractivity contribution < 1.29 is 9.53 Å². The molecule has 1 aromatic rings. The zero-order chi connectivity index (χ0) is 12.1. The Morgan fingerprint density at radius 2 is 2.12 bits per heavy atom. The highest BCUT2D eigenvalue weighted by molar-refractivity contribution is 5.78. The Morgan fingerprint density at radius 3 is 2.71 bits per heavy atom. The molecule has 1 aliphatic rings. The van der Waals surface area contributed by atoms with Crippen LogP contribution in [0.4, 0.5) is 0 Å². The summed E-state index contributed by atoms with van der Waals surface area (Å²) >= 11 is 0. The number of carbonyl (C=O) groups is 1. The van der Waals surface area contributed by atoms with Gasteiger partial charge in [-0.2, -0.15) is 0 Å². The average Bonchev–Trinajstić information content (AvgIpc) is 2.75. The van der Waals surface area contributed by atoms with Gasteiger partial charge in [-0.15, -0.1) is 0 Å². The summed E-state index contributed by atoms with van der Waals surface area (Å²) in [7, 11) is 0. The molecule has 1 aromatic carbocycles. The molecule has 0 spiro atoms. The fraction of sp³-hybridized carbons (Fsp3) is 0.462. The van der Waals surface area contributed by atoms with Crippen LogP contribution >= 0.6 is 0 Å². The first-order chi connectivity index (χ1) is 8.28. The minimum atomic E-state index is 0.122. The Balaban J connectivity index is 1.80. The van der Waals surface area contributed by atoms with Crippen LogP contribution in [0.2, 0.25) is 0 Å². The molecule has 0 aromatic heterocycles. The van der Waals surface area contributed by atoms with Crippen molar-refractivity contribution in [3.05, 3.63) is 29.8 Å². The zero-order valence-electron chi connectivity index (χ0n) is 9.82. The molecular formula is C13H18N2O2. The molecular weight excluding hydrogens is 216 g/mol. The summed E-state index contributed by atoms with van der Waals surface area (Å²) in [5, 5.41) is 2.88. The number of carbonyl (C=O) groups excluding carboxylic acids is 1. The van der Waals surface area contributed by atoms with Crippen LogP contribution in [0.3, 0.4) is 0 Å². The van der Waals surface area contributed by atoms with E-state index in [0.717, 1.165) is 18.6 Å². The monoisotopic (exact) mass is 234 g/mol. The van der Waals surface area contributed by atoms with E-state index in [1.54, 1.807) is 0 Å². The molecule has 1 heterocycles. The van der Waals surface area contributed by atoms with Crippen molar-refractivity contribution in [1.82, 2.24) is 5.32 Å². The van der Waals surface area contributed by atoms with Gasteiger partial charge < -0.3 is 15.8 Å². The molecule has 2 rings (SSSR count). The Labute approximate surface area is 101 Å². The third-order valence-corrected chi connectivity index (χ3v) is 2.89. The first-order valence-electron chi connectivity index (χ1n) is 5.99. The molecule has 0 radical (unpaired) electrons. The summed E-state index contributed by atoms with van der Waals surface area (Å²) in [6, 6.07) is 8.10. The summed E-state index contributed by atoms with van der Waals surface area (Å²) in [5.74, 6) is 0.962. The molecule has 17 heavy (non-hydrogen) atoms. The van der Waals surface area contributed by atoms with E-state index in [4.69, 9.17) is 10.5 Å². The van der Waals surface area contributed by atoms with Crippen molar-refractivity contribution in [2.24, 2.45) is 5.73 Å². The van der Waals surface area contributed by atoms with Crippen LogP contribution in [-0.2, 0) is 11.2 Å². The number of amides is 1. The highest BCUT2D eigenvalue weighted by Crippen LogP contribution is 2.14. The number of ether oxygens (including phenoxy) is 1. The van der Waals surface area contributed by atoms with Gasteiger partial charge in [-0.25, -0.2) is 0 Å². The predicted molar refractivity (Wildman–Crippen MR) is 65.9 cm³/mol. The maximum Gasteiger partial charge on any atom is 0.220 e. The molecule has 1 saturated heterocycles. The first-order valence-corrected chi connectivity index (χ1v) is 5.99. The Hall–Kier alpha value is -1.55. The minimum absolute atomic E-state index is 0.122. The average molecular weight is 234 g/mol. The van der Waals surface area contributed by atoms with Gasteiger partial charge in [0.25, 0.3) is 0 Å². The van der Waals surface area contributed by atoms with E-state index in [1.165, 1.54) is 5.56 Å². The van der Waals surface area contributed by atoms with Crippen molar-refractivity contribution in [3.8, 4) is 5.75 Å². The summed E-state index contributed by atoms with van der Waals surface area (Å²) < 4.78 is 5.63. The lowest BCUT2D eigenvalue weighted by Crippen LogP contribution is -2.30. The zero-order valence-corrected chi connectivity index (χ0v) is 9.82. The van der Waals surface area contributed by atoms with Gasteiger partial charge in [0, 0.05) is 6.42 Å². The van der Waals surface area contributed by atoms with Crippen molar-refractivity contribution in [2.45, 2.75) is 25.3 Å². The second-order valence-corrected chi connectivity index (χ2v) is 4.30. The maximum atomic E-state index is 11.0. The molecule has 4 nitrogen and oxygen atoms in total. The van der Waals surface area contributed by atoms with Crippen LogP contribution in [-0.4, -0.2) is 25.1 Å². The molecule has 4 heteroatoms. The third kappa shape index (κ3) is 3.46. The standard InChI is InChI=1S/C13H18N2O2/c14-8-7-10-1-4-12(5-2-10)17-9-11-3-6-13(16)15-11/h1-2,4-5,11H,3,6-9,14H2,(H,15,16). The van der Waals surface area contributed by atoms with Crippen molar-refractivity contribution in [3.63, 3.8) is 0 Å². The quantitative estimate of drug-likeness (QED) is 0.793. The topological polar surface area (TPSA) is 64.3 Å². The first kappa shape index (κ1) is 11.9. The highest BCUT2D eigenvalue weighted by atomic mass is 16.5. The van der Waals surface area contributed by atoms with Gasteiger partial charge in [0.15, 0.2) is 0 Å². The number of nitrogens with one attached hydrogen (secondary N) is 1. The van der Waals surface area contributed by atoms with Crippen LogP contribution < -0.4 is 15.8 Å². The Morgan fingerprint density at radius 1 is 1.35 bits per heavy atom. The smallest absolute Gasteiger partial charge is 0.220 e. The lowest BCUT2D eigenvalue weighted by atomic mass is 10.1. The number of benzene rings is 1. The fourth-order valence-electron chi connectivity index (χ4n) is 1.92. The highest BCUT2D eigenvalue weighted by Gasteiger charge is 2.20. The fourth-order valence-corrected chi connectivity index (χ4v) is 1.92. The van der Waals surface area contributed by atoms with Crippen LogP contribution in [0, 0.1) is 0 Å². The van der Waals surface area contributed by atoms with E-state index in [1.807, 2.05) is 24.3 Å². The Bertz CT molecular complexity index is 376. The number of hydrogen-bond acceptors (Lipinski definition) is 3. The molecule has 1 amide bonds. The SMILES string of the molecule is NCCc1ccc(OCC2CCC(=O)N2)cc1. The van der Waals surface area contributed by atoms with Gasteiger partial charge in [0.2, 0.25) is 5.91 Å². The molecule has 0 saturated carbocycles. The molecule has 1 fully saturated rings. The van der Waals surface area contributed by atoms with E-state index >= 15 is 0 Å². The number of rotatable bonds is 5.